The van der Waals surface area contributed by atoms with Gasteiger partial charge in [0.15, 0.2) is 0 Å². The first-order valence-corrected chi connectivity index (χ1v) is 8.30. The molecule has 24 heavy (non-hydrogen) atoms. The predicted molar refractivity (Wildman–Crippen MR) is 85.4 cm³/mol. The van der Waals surface area contributed by atoms with Gasteiger partial charge in [0.1, 0.15) is 10.6 Å². The molecule has 0 unspecified atom stereocenters. The number of rotatable bonds is 6. The number of carbonyl (C=O) groups is 2. The van der Waals surface area contributed by atoms with E-state index >= 15 is 0 Å². The third kappa shape index (κ3) is 3.79. The van der Waals surface area contributed by atoms with E-state index in [0.29, 0.717) is 31.6 Å². The van der Waals surface area contributed by atoms with Gasteiger partial charge in [-0.2, -0.15) is 0 Å². The van der Waals surface area contributed by atoms with Crippen LogP contribution in [0.4, 0.5) is 0 Å². The highest BCUT2D eigenvalue weighted by molar-refractivity contribution is 6.32. The maximum absolute atomic E-state index is 12.4. The van der Waals surface area contributed by atoms with Gasteiger partial charge < -0.3 is 19.9 Å². The van der Waals surface area contributed by atoms with E-state index in [0.717, 1.165) is 12.8 Å². The third-order valence-electron chi connectivity index (χ3n) is 4.33. The number of aliphatic carboxylic acids is 1. The first-order valence-electron chi connectivity index (χ1n) is 7.92. The Morgan fingerprint density at radius 1 is 1.42 bits per heavy atom. The number of halogens is 1. The normalized spacial score (nSPS) is 19.5. The summed E-state index contributed by atoms with van der Waals surface area (Å²) in [5.41, 5.74) is -1.12. The van der Waals surface area contributed by atoms with Crippen molar-refractivity contribution in [2.45, 2.75) is 31.2 Å². The van der Waals surface area contributed by atoms with Crippen molar-refractivity contribution in [3.63, 3.8) is 0 Å². The van der Waals surface area contributed by atoms with Crippen LogP contribution in [0.1, 0.15) is 36.0 Å². The van der Waals surface area contributed by atoms with Crippen molar-refractivity contribution in [3.8, 4) is 5.88 Å². The molecule has 1 saturated carbocycles. The minimum atomic E-state index is -1.32. The smallest absolute Gasteiger partial charge is 0.329 e. The van der Waals surface area contributed by atoms with Gasteiger partial charge in [-0.05, 0) is 24.8 Å². The molecule has 1 aliphatic heterocycles. The van der Waals surface area contributed by atoms with Crippen molar-refractivity contribution in [1.82, 2.24) is 10.3 Å². The molecule has 1 saturated heterocycles. The maximum Gasteiger partial charge on any atom is 0.329 e. The Kier molecular flexibility index (Phi) is 4.91. The SMILES string of the molecule is O=C(NC1(C(=O)O)CCOCC1)c1cnc(OCC2CC2)c(Cl)c1. The fraction of sp³-hybridized carbons (Fsp3) is 0.562. The van der Waals surface area contributed by atoms with E-state index in [-0.39, 0.29) is 23.4 Å². The minimum Gasteiger partial charge on any atom is -0.480 e. The van der Waals surface area contributed by atoms with Gasteiger partial charge in [0.05, 0.1) is 12.2 Å². The summed E-state index contributed by atoms with van der Waals surface area (Å²) in [5.74, 6) is -0.737. The second-order valence-electron chi connectivity index (χ2n) is 6.22. The van der Waals surface area contributed by atoms with Gasteiger partial charge in [0.2, 0.25) is 5.88 Å². The average molecular weight is 355 g/mol. The number of nitrogens with one attached hydrogen (secondary N) is 1. The molecule has 8 heteroatoms. The number of carboxylic acid groups (broad SMARTS) is 1. The molecule has 0 radical (unpaired) electrons. The summed E-state index contributed by atoms with van der Waals surface area (Å²) in [6.07, 6.45) is 4.09. The van der Waals surface area contributed by atoms with Crippen molar-refractivity contribution < 1.29 is 24.2 Å². The molecule has 2 aliphatic rings. The van der Waals surface area contributed by atoms with Crippen molar-refractivity contribution in [1.29, 1.82) is 0 Å². The number of amides is 1. The highest BCUT2D eigenvalue weighted by atomic mass is 35.5. The summed E-state index contributed by atoms with van der Waals surface area (Å²) in [5, 5.41) is 12.3. The zero-order valence-corrected chi connectivity index (χ0v) is 13.8. The average Bonchev–Trinajstić information content (AvgIpc) is 3.38. The topological polar surface area (TPSA) is 97.8 Å². The summed E-state index contributed by atoms with van der Waals surface area (Å²) in [4.78, 5) is 28.1. The van der Waals surface area contributed by atoms with E-state index in [9.17, 15) is 14.7 Å². The fourth-order valence-corrected chi connectivity index (χ4v) is 2.76. The zero-order chi connectivity index (χ0) is 17.2. The maximum atomic E-state index is 12.4. The first kappa shape index (κ1) is 17.0. The molecule has 2 N–H and O–H groups in total. The van der Waals surface area contributed by atoms with Crippen LogP contribution in [0.5, 0.6) is 5.88 Å². The monoisotopic (exact) mass is 354 g/mol. The quantitative estimate of drug-likeness (QED) is 0.809. The summed E-state index contributed by atoms with van der Waals surface area (Å²) < 4.78 is 10.7. The lowest BCUT2D eigenvalue weighted by molar-refractivity contribution is -0.148. The lowest BCUT2D eigenvalue weighted by Gasteiger charge is -2.33. The molecule has 3 rings (SSSR count). The summed E-state index contributed by atoms with van der Waals surface area (Å²) >= 11 is 6.11. The molecule has 1 aromatic heterocycles. The zero-order valence-electron chi connectivity index (χ0n) is 13.1. The standard InChI is InChI=1S/C16H19ClN2O5/c17-12-7-11(8-18-14(12)24-9-10-1-2-10)13(20)19-16(15(21)22)3-5-23-6-4-16/h7-8,10H,1-6,9H2,(H,19,20)(H,21,22). The highest BCUT2D eigenvalue weighted by Crippen LogP contribution is 2.31. The third-order valence-corrected chi connectivity index (χ3v) is 4.60. The summed E-state index contributed by atoms with van der Waals surface area (Å²) in [6.45, 7) is 1.15. The van der Waals surface area contributed by atoms with Crippen LogP contribution in [-0.2, 0) is 9.53 Å². The summed E-state index contributed by atoms with van der Waals surface area (Å²) in [7, 11) is 0. The van der Waals surface area contributed by atoms with E-state index in [1.807, 2.05) is 0 Å². The number of aromatic nitrogens is 1. The number of carboxylic acids is 1. The number of hydrogen-bond donors (Lipinski definition) is 2. The van der Waals surface area contributed by atoms with Crippen molar-refractivity contribution in [2.75, 3.05) is 19.8 Å². The molecule has 0 aromatic carbocycles. The Balaban J connectivity index is 1.69. The molecule has 1 amide bonds. The lowest BCUT2D eigenvalue weighted by atomic mass is 9.90. The number of ether oxygens (including phenoxy) is 2. The molecular weight excluding hydrogens is 336 g/mol. The highest BCUT2D eigenvalue weighted by Gasteiger charge is 2.41. The summed E-state index contributed by atoms with van der Waals surface area (Å²) in [6, 6.07) is 1.45. The van der Waals surface area contributed by atoms with Gasteiger partial charge in [0, 0.05) is 32.3 Å². The molecular formula is C16H19ClN2O5. The Hall–Kier alpha value is -1.86. The second-order valence-corrected chi connectivity index (χ2v) is 6.63. The van der Waals surface area contributed by atoms with E-state index in [2.05, 4.69) is 10.3 Å². The van der Waals surface area contributed by atoms with Gasteiger partial charge in [-0.15, -0.1) is 0 Å². The molecule has 0 atom stereocenters. The van der Waals surface area contributed by atoms with Crippen LogP contribution in [0, 0.1) is 5.92 Å². The van der Waals surface area contributed by atoms with Crippen LogP contribution >= 0.6 is 11.6 Å². The van der Waals surface area contributed by atoms with E-state index in [4.69, 9.17) is 21.1 Å². The number of hydrogen-bond acceptors (Lipinski definition) is 5. The number of nitrogens with zero attached hydrogens (tertiary/aromatic N) is 1. The molecule has 1 aliphatic carbocycles. The van der Waals surface area contributed by atoms with Crippen LogP contribution in [0.15, 0.2) is 12.3 Å². The van der Waals surface area contributed by atoms with Crippen LogP contribution in [0.25, 0.3) is 0 Å². The Bertz CT molecular complexity index is 641. The van der Waals surface area contributed by atoms with Crippen molar-refractivity contribution >= 4 is 23.5 Å². The number of pyridine rings is 1. The van der Waals surface area contributed by atoms with Gasteiger partial charge in [-0.25, -0.2) is 9.78 Å². The van der Waals surface area contributed by atoms with Crippen molar-refractivity contribution in [3.05, 3.63) is 22.8 Å². The van der Waals surface area contributed by atoms with Crippen molar-refractivity contribution in [2.24, 2.45) is 5.92 Å². The molecule has 2 heterocycles. The lowest BCUT2D eigenvalue weighted by Crippen LogP contribution is -2.57. The van der Waals surface area contributed by atoms with Crippen LogP contribution in [0.3, 0.4) is 0 Å². The van der Waals surface area contributed by atoms with Gasteiger partial charge in [-0.1, -0.05) is 11.6 Å². The van der Waals surface area contributed by atoms with Gasteiger partial charge in [-0.3, -0.25) is 4.79 Å². The molecule has 7 nitrogen and oxygen atoms in total. The van der Waals surface area contributed by atoms with E-state index < -0.39 is 17.4 Å². The van der Waals surface area contributed by atoms with E-state index in [1.165, 1.54) is 12.3 Å². The second kappa shape index (κ2) is 6.94. The molecule has 0 spiro atoms. The molecule has 0 bridgehead atoms. The first-order chi connectivity index (χ1) is 11.5. The number of carbonyl (C=O) groups excluding carboxylic acids is 1. The fourth-order valence-electron chi connectivity index (χ4n) is 2.54. The minimum absolute atomic E-state index is 0.200. The molecule has 130 valence electrons. The Morgan fingerprint density at radius 2 is 2.12 bits per heavy atom. The molecule has 2 fully saturated rings. The predicted octanol–water partition coefficient (Wildman–Crippen LogP) is 1.89. The van der Waals surface area contributed by atoms with Crippen LogP contribution in [0.2, 0.25) is 5.02 Å². The van der Waals surface area contributed by atoms with Crippen LogP contribution < -0.4 is 10.1 Å². The Labute approximate surface area is 144 Å². The molecule has 1 aromatic rings. The van der Waals surface area contributed by atoms with Gasteiger partial charge in [0.25, 0.3) is 5.91 Å². The van der Waals surface area contributed by atoms with E-state index in [1.54, 1.807) is 0 Å². The largest absolute Gasteiger partial charge is 0.480 e. The van der Waals surface area contributed by atoms with Crippen LogP contribution in [-0.4, -0.2) is 47.3 Å². The van der Waals surface area contributed by atoms with Gasteiger partial charge >= 0.3 is 5.97 Å². The Morgan fingerprint density at radius 3 is 2.71 bits per heavy atom.